The summed E-state index contributed by atoms with van der Waals surface area (Å²) in [5.74, 6) is -0.114. The maximum Gasteiger partial charge on any atom is 0.271 e. The molecule has 0 aliphatic carbocycles. The van der Waals surface area contributed by atoms with Gasteiger partial charge in [-0.05, 0) is 74.2 Å². The quantitative estimate of drug-likeness (QED) is 0.174. The number of unbranched alkanes of at least 4 members (excludes halogenated alkanes) is 2. The Morgan fingerprint density at radius 3 is 2.41 bits per heavy atom. The Morgan fingerprint density at radius 2 is 1.74 bits per heavy atom. The second-order valence-corrected chi connectivity index (χ2v) is 9.68. The summed E-state index contributed by atoms with van der Waals surface area (Å²) >= 11 is 0. The number of para-hydroxylation sites is 1. The number of ether oxygens (including phenoxy) is 1. The van der Waals surface area contributed by atoms with Crippen LogP contribution in [0.4, 0.5) is 0 Å². The van der Waals surface area contributed by atoms with E-state index in [1.165, 1.54) is 4.90 Å². The number of aryl methyl sites for hydroxylation is 1. The van der Waals surface area contributed by atoms with Crippen molar-refractivity contribution in [1.29, 1.82) is 5.26 Å². The van der Waals surface area contributed by atoms with E-state index >= 15 is 0 Å². The van der Waals surface area contributed by atoms with Crippen LogP contribution in [0.1, 0.15) is 57.6 Å². The standard InChI is InChI=1S/C32H34N4O3/c1-5-7-16-35-31(37)28(23(4)29(20-33)32(35)38)19-24-21-36(25-12-10-9-11-13-25)34-30(24)27-15-14-26(18-22(27)3)39-17-8-6-2/h9-15,18-19,21H,5-8,16-17H2,1-4H3/b28-19+. The van der Waals surface area contributed by atoms with E-state index in [1.807, 2.05) is 74.6 Å². The predicted octanol–water partition coefficient (Wildman–Crippen LogP) is 6.42. The number of hydrogen-bond donors (Lipinski definition) is 0. The third kappa shape index (κ3) is 5.85. The molecule has 1 aromatic heterocycles. The SMILES string of the molecule is CCCCOc1ccc(-c2nn(-c3ccccc3)cc2/C=C2/C(=O)N(CCCC)C(=O)C(C#N)=C2C)c(C)c1. The monoisotopic (exact) mass is 522 g/mol. The Kier molecular flexibility index (Phi) is 8.77. The molecule has 7 nitrogen and oxygen atoms in total. The van der Waals surface area contributed by atoms with Crippen molar-refractivity contribution in [2.24, 2.45) is 0 Å². The molecular formula is C32H34N4O3. The fraction of sp³-hybridized carbons (Fsp3) is 0.312. The van der Waals surface area contributed by atoms with Gasteiger partial charge in [-0.25, -0.2) is 4.68 Å². The number of benzene rings is 2. The van der Waals surface area contributed by atoms with Gasteiger partial charge in [-0.3, -0.25) is 14.5 Å². The Bertz CT molecular complexity index is 1470. The first-order chi connectivity index (χ1) is 18.9. The van der Waals surface area contributed by atoms with Crippen molar-refractivity contribution in [3.05, 3.63) is 82.6 Å². The van der Waals surface area contributed by atoms with Gasteiger partial charge in [0.1, 0.15) is 23.1 Å². The molecule has 2 aromatic carbocycles. The third-order valence-corrected chi connectivity index (χ3v) is 6.84. The van der Waals surface area contributed by atoms with E-state index in [0.29, 0.717) is 35.4 Å². The van der Waals surface area contributed by atoms with Crippen LogP contribution in [0.3, 0.4) is 0 Å². The zero-order valence-electron chi connectivity index (χ0n) is 23.0. The number of aromatic nitrogens is 2. The summed E-state index contributed by atoms with van der Waals surface area (Å²) in [6, 6.07) is 17.7. The second kappa shape index (κ2) is 12.4. The average molecular weight is 523 g/mol. The van der Waals surface area contributed by atoms with E-state index in [-0.39, 0.29) is 18.0 Å². The highest BCUT2D eigenvalue weighted by Gasteiger charge is 2.35. The molecule has 39 heavy (non-hydrogen) atoms. The molecule has 0 spiro atoms. The molecule has 1 aliphatic rings. The molecule has 0 saturated heterocycles. The topological polar surface area (TPSA) is 88.2 Å². The lowest BCUT2D eigenvalue weighted by Gasteiger charge is -2.27. The number of nitrogens with zero attached hydrogens (tertiary/aromatic N) is 4. The minimum absolute atomic E-state index is 0.00119. The molecule has 0 saturated carbocycles. The Hall–Kier alpha value is -4.44. The van der Waals surface area contributed by atoms with Gasteiger partial charge in [0, 0.05) is 29.4 Å². The lowest BCUT2D eigenvalue weighted by molar-refractivity contribution is -0.140. The minimum Gasteiger partial charge on any atom is -0.494 e. The van der Waals surface area contributed by atoms with Crippen LogP contribution in [0, 0.1) is 18.3 Å². The zero-order chi connectivity index (χ0) is 27.9. The summed E-state index contributed by atoms with van der Waals surface area (Å²) in [7, 11) is 0. The summed E-state index contributed by atoms with van der Waals surface area (Å²) in [5.41, 5.74) is 4.89. The molecule has 2 amide bonds. The van der Waals surface area contributed by atoms with E-state index in [2.05, 4.69) is 6.92 Å². The van der Waals surface area contributed by atoms with Crippen molar-refractivity contribution < 1.29 is 14.3 Å². The van der Waals surface area contributed by atoms with Crippen LogP contribution in [0.2, 0.25) is 0 Å². The highest BCUT2D eigenvalue weighted by atomic mass is 16.5. The van der Waals surface area contributed by atoms with Crippen molar-refractivity contribution in [1.82, 2.24) is 14.7 Å². The van der Waals surface area contributed by atoms with Crippen molar-refractivity contribution in [3.63, 3.8) is 0 Å². The first kappa shape index (κ1) is 27.6. The summed E-state index contributed by atoms with van der Waals surface area (Å²) in [4.78, 5) is 27.6. The van der Waals surface area contributed by atoms with Gasteiger partial charge in [-0.1, -0.05) is 44.9 Å². The van der Waals surface area contributed by atoms with Gasteiger partial charge in [0.25, 0.3) is 11.8 Å². The van der Waals surface area contributed by atoms with E-state index in [9.17, 15) is 14.9 Å². The molecule has 0 atom stereocenters. The van der Waals surface area contributed by atoms with Crippen molar-refractivity contribution in [3.8, 4) is 28.8 Å². The maximum absolute atomic E-state index is 13.5. The van der Waals surface area contributed by atoms with Crippen LogP contribution < -0.4 is 4.74 Å². The first-order valence-corrected chi connectivity index (χ1v) is 13.5. The number of carbonyl (C=O) groups excluding carboxylic acids is 2. The molecule has 4 rings (SSSR count). The number of hydrogen-bond acceptors (Lipinski definition) is 5. The highest BCUT2D eigenvalue weighted by molar-refractivity contribution is 6.19. The number of imide groups is 1. The van der Waals surface area contributed by atoms with Gasteiger partial charge in [0.05, 0.1) is 12.3 Å². The smallest absolute Gasteiger partial charge is 0.271 e. The zero-order valence-corrected chi connectivity index (χ0v) is 23.0. The lowest BCUT2D eigenvalue weighted by atomic mass is 9.92. The van der Waals surface area contributed by atoms with Gasteiger partial charge < -0.3 is 4.74 Å². The summed E-state index contributed by atoms with van der Waals surface area (Å²) in [6.45, 7) is 8.73. The summed E-state index contributed by atoms with van der Waals surface area (Å²) in [6.07, 6.45) is 7.18. The van der Waals surface area contributed by atoms with Gasteiger partial charge in [0.15, 0.2) is 0 Å². The van der Waals surface area contributed by atoms with Crippen molar-refractivity contribution in [2.75, 3.05) is 13.2 Å². The molecule has 0 bridgehead atoms. The van der Waals surface area contributed by atoms with Crippen LogP contribution in [-0.4, -0.2) is 39.6 Å². The number of carbonyl (C=O) groups is 2. The largest absolute Gasteiger partial charge is 0.494 e. The fourth-order valence-electron chi connectivity index (χ4n) is 4.55. The van der Waals surface area contributed by atoms with Crippen LogP contribution in [-0.2, 0) is 9.59 Å². The van der Waals surface area contributed by atoms with E-state index < -0.39 is 5.91 Å². The maximum atomic E-state index is 13.5. The van der Waals surface area contributed by atoms with Crippen LogP contribution in [0.5, 0.6) is 5.75 Å². The molecule has 0 fully saturated rings. The molecule has 0 unspecified atom stereocenters. The Labute approximate surface area is 230 Å². The van der Waals surface area contributed by atoms with E-state index in [4.69, 9.17) is 9.84 Å². The molecule has 3 aromatic rings. The Morgan fingerprint density at radius 1 is 1.00 bits per heavy atom. The van der Waals surface area contributed by atoms with Gasteiger partial charge in [0.2, 0.25) is 0 Å². The van der Waals surface area contributed by atoms with Crippen molar-refractivity contribution in [2.45, 2.75) is 53.4 Å². The van der Waals surface area contributed by atoms with Gasteiger partial charge in [-0.2, -0.15) is 10.4 Å². The predicted molar refractivity (Wildman–Crippen MR) is 152 cm³/mol. The highest BCUT2D eigenvalue weighted by Crippen LogP contribution is 2.33. The number of rotatable bonds is 10. The number of amides is 2. The second-order valence-electron chi connectivity index (χ2n) is 9.68. The molecule has 7 heteroatoms. The van der Waals surface area contributed by atoms with Gasteiger partial charge in [-0.15, -0.1) is 0 Å². The fourth-order valence-corrected chi connectivity index (χ4v) is 4.55. The van der Waals surface area contributed by atoms with Crippen LogP contribution in [0.25, 0.3) is 23.0 Å². The average Bonchev–Trinajstić information content (AvgIpc) is 3.35. The van der Waals surface area contributed by atoms with Crippen molar-refractivity contribution >= 4 is 17.9 Å². The normalized spacial score (nSPS) is 14.7. The lowest BCUT2D eigenvalue weighted by Crippen LogP contribution is -2.43. The minimum atomic E-state index is -0.527. The molecule has 0 N–H and O–H groups in total. The molecule has 1 aliphatic heterocycles. The van der Waals surface area contributed by atoms with Crippen LogP contribution >= 0.6 is 0 Å². The molecule has 2 heterocycles. The van der Waals surface area contributed by atoms with Gasteiger partial charge >= 0.3 is 0 Å². The third-order valence-electron chi connectivity index (χ3n) is 6.84. The van der Waals surface area contributed by atoms with E-state index in [0.717, 1.165) is 41.8 Å². The summed E-state index contributed by atoms with van der Waals surface area (Å²) < 4.78 is 7.68. The first-order valence-electron chi connectivity index (χ1n) is 13.5. The molecule has 200 valence electrons. The molecule has 0 radical (unpaired) electrons. The van der Waals surface area contributed by atoms with E-state index in [1.54, 1.807) is 17.7 Å². The Balaban J connectivity index is 1.85. The van der Waals surface area contributed by atoms with Crippen LogP contribution in [0.15, 0.2) is 71.4 Å². The summed E-state index contributed by atoms with van der Waals surface area (Å²) in [5, 5.41) is 14.7. The number of nitriles is 1. The molecular weight excluding hydrogens is 488 g/mol.